The number of aromatic nitrogens is 1. The minimum absolute atomic E-state index is 0.119. The van der Waals surface area contributed by atoms with Gasteiger partial charge in [-0.15, -0.1) is 0 Å². The molecule has 2 aromatic carbocycles. The lowest BCUT2D eigenvalue weighted by atomic mass is 9.99. The topological polar surface area (TPSA) is 51.2 Å². The van der Waals surface area contributed by atoms with Crippen LogP contribution in [-0.4, -0.2) is 11.1 Å². The minimum atomic E-state index is -0.413. The van der Waals surface area contributed by atoms with Gasteiger partial charge in [0.15, 0.2) is 0 Å². The molecule has 0 saturated carbocycles. The molecule has 0 spiro atoms. The summed E-state index contributed by atoms with van der Waals surface area (Å²) >= 11 is 0. The van der Waals surface area contributed by atoms with Gasteiger partial charge in [0.05, 0.1) is 11.6 Å². The first-order chi connectivity index (χ1) is 10.8. The van der Waals surface area contributed by atoms with E-state index in [1.807, 2.05) is 54.6 Å². The average Bonchev–Trinajstić information content (AvgIpc) is 2.54. The number of para-hydroxylation sites is 2. The molecule has 0 saturated heterocycles. The Morgan fingerprint density at radius 1 is 1.00 bits per heavy atom. The van der Waals surface area contributed by atoms with Crippen molar-refractivity contribution in [2.45, 2.75) is 12.5 Å². The summed E-state index contributed by atoms with van der Waals surface area (Å²) in [5.41, 5.74) is 2.89. The van der Waals surface area contributed by atoms with Crippen LogP contribution < -0.4 is 10.1 Å². The molecule has 0 aliphatic carbocycles. The maximum Gasteiger partial charge on any atom is 0.413 e. The van der Waals surface area contributed by atoms with E-state index in [0.29, 0.717) is 12.2 Å². The maximum absolute atomic E-state index is 11.7. The monoisotopic (exact) mass is 290 g/mol. The van der Waals surface area contributed by atoms with Crippen LogP contribution in [0.4, 0.5) is 4.79 Å². The number of benzene rings is 2. The van der Waals surface area contributed by atoms with Crippen molar-refractivity contribution in [1.29, 1.82) is 0 Å². The van der Waals surface area contributed by atoms with Gasteiger partial charge >= 0.3 is 6.09 Å². The van der Waals surface area contributed by atoms with Crippen molar-refractivity contribution in [1.82, 2.24) is 10.3 Å². The highest BCUT2D eigenvalue weighted by Crippen LogP contribution is 2.31. The van der Waals surface area contributed by atoms with Crippen molar-refractivity contribution in [2.75, 3.05) is 0 Å². The second-order valence-corrected chi connectivity index (χ2v) is 5.32. The van der Waals surface area contributed by atoms with Gasteiger partial charge in [-0.3, -0.25) is 4.98 Å². The summed E-state index contributed by atoms with van der Waals surface area (Å²) in [7, 11) is 0. The van der Waals surface area contributed by atoms with Gasteiger partial charge in [0.2, 0.25) is 0 Å². The lowest BCUT2D eigenvalue weighted by Crippen LogP contribution is -2.37. The summed E-state index contributed by atoms with van der Waals surface area (Å²) in [5, 5.41) is 3.98. The Hall–Kier alpha value is -2.88. The first-order valence-electron chi connectivity index (χ1n) is 7.21. The lowest BCUT2D eigenvalue weighted by molar-refractivity contribution is 0.188. The number of hydrogen-bond acceptors (Lipinski definition) is 3. The van der Waals surface area contributed by atoms with Gasteiger partial charge in [-0.1, -0.05) is 42.5 Å². The van der Waals surface area contributed by atoms with Gasteiger partial charge in [0.1, 0.15) is 5.75 Å². The Morgan fingerprint density at radius 2 is 1.82 bits per heavy atom. The molecule has 4 rings (SSSR count). The molecule has 3 aromatic rings. The number of pyridine rings is 1. The van der Waals surface area contributed by atoms with E-state index in [2.05, 4.69) is 16.4 Å². The number of carbonyl (C=O) groups excluding carboxylic acids is 1. The molecule has 1 aliphatic rings. The third-order valence-corrected chi connectivity index (χ3v) is 3.86. The number of ether oxygens (including phenoxy) is 1. The summed E-state index contributed by atoms with van der Waals surface area (Å²) in [6, 6.07) is 19.6. The van der Waals surface area contributed by atoms with Gasteiger partial charge in [-0.05, 0) is 18.2 Å². The molecule has 1 aromatic heterocycles. The Balaban J connectivity index is 1.68. The second kappa shape index (κ2) is 5.15. The van der Waals surface area contributed by atoms with Gasteiger partial charge in [-0.2, -0.15) is 0 Å². The fourth-order valence-corrected chi connectivity index (χ4v) is 2.80. The van der Waals surface area contributed by atoms with Crippen molar-refractivity contribution < 1.29 is 9.53 Å². The molecule has 1 N–H and O–H groups in total. The van der Waals surface area contributed by atoms with Crippen molar-refractivity contribution >= 4 is 17.0 Å². The predicted octanol–water partition coefficient (Wildman–Crippen LogP) is 3.62. The first kappa shape index (κ1) is 12.8. The fourth-order valence-electron chi connectivity index (χ4n) is 2.80. The van der Waals surface area contributed by atoms with E-state index in [0.717, 1.165) is 22.2 Å². The van der Waals surface area contributed by atoms with Crippen molar-refractivity contribution in [2.24, 2.45) is 0 Å². The van der Waals surface area contributed by atoms with Crippen molar-refractivity contribution in [3.8, 4) is 5.75 Å². The van der Waals surface area contributed by atoms with E-state index in [4.69, 9.17) is 4.74 Å². The van der Waals surface area contributed by atoms with Crippen LogP contribution in [0.25, 0.3) is 10.9 Å². The van der Waals surface area contributed by atoms with Crippen LogP contribution in [0.3, 0.4) is 0 Å². The number of nitrogens with one attached hydrogen (secondary N) is 1. The summed E-state index contributed by atoms with van der Waals surface area (Å²) in [6.07, 6.45) is 0.223. The zero-order chi connectivity index (χ0) is 14.9. The van der Waals surface area contributed by atoms with E-state index in [9.17, 15) is 4.79 Å². The highest BCUT2D eigenvalue weighted by atomic mass is 16.6. The van der Waals surface area contributed by atoms with Crippen LogP contribution in [0.1, 0.15) is 17.3 Å². The van der Waals surface area contributed by atoms with Gasteiger partial charge in [0.25, 0.3) is 0 Å². The standard InChI is InChI=1S/C18H14N2O2/c21-18-20-16(14-6-2-4-8-17(14)22-18)11-13-10-9-12-5-1-3-7-15(12)19-13/h1-10,16H,11H2,(H,20,21)/t16-/m1/s1. The molecule has 0 radical (unpaired) electrons. The van der Waals surface area contributed by atoms with Gasteiger partial charge < -0.3 is 10.1 Å². The first-order valence-corrected chi connectivity index (χ1v) is 7.21. The smallest absolute Gasteiger partial charge is 0.410 e. The highest BCUT2D eigenvalue weighted by Gasteiger charge is 2.26. The molecule has 4 nitrogen and oxygen atoms in total. The van der Waals surface area contributed by atoms with Crippen molar-refractivity contribution in [3.63, 3.8) is 0 Å². The lowest BCUT2D eigenvalue weighted by Gasteiger charge is -2.25. The Bertz CT molecular complexity index is 860. The molecular formula is C18H14N2O2. The third kappa shape index (κ3) is 2.29. The van der Waals surface area contributed by atoms with Crippen LogP contribution in [0.15, 0.2) is 60.7 Å². The number of rotatable bonds is 2. The summed E-state index contributed by atoms with van der Waals surface area (Å²) in [4.78, 5) is 16.4. The molecule has 0 fully saturated rings. The van der Waals surface area contributed by atoms with E-state index in [1.165, 1.54) is 0 Å². The van der Waals surface area contributed by atoms with E-state index >= 15 is 0 Å². The molecule has 22 heavy (non-hydrogen) atoms. The number of nitrogens with zero attached hydrogens (tertiary/aromatic N) is 1. The van der Waals surface area contributed by atoms with E-state index < -0.39 is 6.09 Å². The molecule has 2 heterocycles. The summed E-state index contributed by atoms with van der Waals surface area (Å²) < 4.78 is 5.20. The second-order valence-electron chi connectivity index (χ2n) is 5.32. The maximum atomic E-state index is 11.7. The van der Waals surface area contributed by atoms with Crippen LogP contribution in [-0.2, 0) is 6.42 Å². The Morgan fingerprint density at radius 3 is 2.77 bits per heavy atom. The van der Waals surface area contributed by atoms with Gasteiger partial charge in [-0.25, -0.2) is 4.79 Å². The molecule has 1 amide bonds. The third-order valence-electron chi connectivity index (χ3n) is 3.86. The zero-order valence-electron chi connectivity index (χ0n) is 11.8. The SMILES string of the molecule is O=C1N[C@H](Cc2ccc3ccccc3n2)c2ccccc2O1. The number of amides is 1. The van der Waals surface area contributed by atoms with E-state index in [1.54, 1.807) is 0 Å². The Kier molecular flexibility index (Phi) is 3.00. The molecule has 4 heteroatoms. The molecule has 0 unspecified atom stereocenters. The normalized spacial score (nSPS) is 16.7. The largest absolute Gasteiger partial charge is 0.413 e. The van der Waals surface area contributed by atoms with Crippen LogP contribution in [0.2, 0.25) is 0 Å². The number of hydrogen-bond donors (Lipinski definition) is 1. The molecular weight excluding hydrogens is 276 g/mol. The molecule has 108 valence electrons. The van der Waals surface area contributed by atoms with Crippen LogP contribution >= 0.6 is 0 Å². The number of fused-ring (bicyclic) bond motifs is 2. The van der Waals surface area contributed by atoms with Crippen molar-refractivity contribution in [3.05, 3.63) is 71.9 Å². The fraction of sp³-hybridized carbons (Fsp3) is 0.111. The number of carbonyl (C=O) groups is 1. The zero-order valence-corrected chi connectivity index (χ0v) is 11.8. The molecule has 1 aliphatic heterocycles. The quantitative estimate of drug-likeness (QED) is 0.784. The molecule has 0 bridgehead atoms. The highest BCUT2D eigenvalue weighted by molar-refractivity contribution is 5.78. The van der Waals surface area contributed by atoms with Crippen LogP contribution in [0, 0.1) is 0 Å². The minimum Gasteiger partial charge on any atom is -0.410 e. The molecule has 1 atom stereocenters. The van der Waals surface area contributed by atoms with E-state index in [-0.39, 0.29) is 6.04 Å². The summed E-state index contributed by atoms with van der Waals surface area (Å²) in [5.74, 6) is 0.622. The average molecular weight is 290 g/mol. The Labute approximate surface area is 127 Å². The summed E-state index contributed by atoms with van der Waals surface area (Å²) in [6.45, 7) is 0. The van der Waals surface area contributed by atoms with Crippen LogP contribution in [0.5, 0.6) is 5.75 Å². The van der Waals surface area contributed by atoms with Gasteiger partial charge in [0, 0.05) is 23.1 Å². The predicted molar refractivity (Wildman–Crippen MR) is 83.8 cm³/mol.